The molecule has 0 aromatic heterocycles. The number of sulfonamides is 2. The molecule has 0 aliphatic heterocycles. The fourth-order valence-corrected chi connectivity index (χ4v) is 4.48. The summed E-state index contributed by atoms with van der Waals surface area (Å²) in [5, 5.41) is 2.75. The molecule has 0 radical (unpaired) electrons. The Labute approximate surface area is 194 Å². The molecule has 10 heteroatoms. The number of benzene rings is 3. The summed E-state index contributed by atoms with van der Waals surface area (Å²) >= 11 is 0. The van der Waals surface area contributed by atoms with E-state index in [-0.39, 0.29) is 12.5 Å². The van der Waals surface area contributed by atoms with Gasteiger partial charge in [0.1, 0.15) is 0 Å². The molecule has 0 aliphatic carbocycles. The summed E-state index contributed by atoms with van der Waals surface area (Å²) in [5.74, 6) is -0.372. The first-order chi connectivity index (χ1) is 15.4. The standard InChI is InChI=1S/C23H25N3O5S2/c1-25(32(2,28)29)22-11-7-8-20(16-22)24-23(27)19-14-12-18(13-15-19)17-26(33(3,30)31)21-9-5-4-6-10-21/h4-16H,17H2,1-3H3,(H,24,27). The zero-order chi connectivity index (χ0) is 24.2. The molecule has 174 valence electrons. The third-order valence-electron chi connectivity index (χ3n) is 4.95. The molecule has 0 aliphatic rings. The Morgan fingerprint density at radius 2 is 1.39 bits per heavy atom. The Morgan fingerprint density at radius 3 is 1.97 bits per heavy atom. The number of nitrogens with one attached hydrogen (secondary N) is 1. The molecule has 33 heavy (non-hydrogen) atoms. The van der Waals surface area contributed by atoms with E-state index in [0.717, 1.165) is 22.4 Å². The van der Waals surface area contributed by atoms with Crippen molar-refractivity contribution in [3.8, 4) is 0 Å². The van der Waals surface area contributed by atoms with Crippen LogP contribution in [0.2, 0.25) is 0 Å². The number of hydrogen-bond acceptors (Lipinski definition) is 5. The third kappa shape index (κ3) is 6.33. The molecule has 3 aromatic rings. The van der Waals surface area contributed by atoms with Crippen LogP contribution in [0.5, 0.6) is 0 Å². The Morgan fingerprint density at radius 1 is 0.788 bits per heavy atom. The highest BCUT2D eigenvalue weighted by molar-refractivity contribution is 7.92. The van der Waals surface area contributed by atoms with Crippen molar-refractivity contribution in [2.75, 3.05) is 33.5 Å². The number of rotatable bonds is 8. The smallest absolute Gasteiger partial charge is 0.255 e. The molecule has 0 unspecified atom stereocenters. The maximum absolute atomic E-state index is 12.7. The van der Waals surface area contributed by atoms with Gasteiger partial charge in [-0.15, -0.1) is 0 Å². The van der Waals surface area contributed by atoms with Gasteiger partial charge in [0.2, 0.25) is 20.0 Å². The number of amides is 1. The van der Waals surface area contributed by atoms with Gasteiger partial charge >= 0.3 is 0 Å². The van der Waals surface area contributed by atoms with Crippen LogP contribution < -0.4 is 13.9 Å². The van der Waals surface area contributed by atoms with Crippen LogP contribution in [0, 0.1) is 0 Å². The second-order valence-corrected chi connectivity index (χ2v) is 11.5. The van der Waals surface area contributed by atoms with Crippen LogP contribution in [-0.2, 0) is 26.6 Å². The van der Waals surface area contributed by atoms with Crippen LogP contribution in [0.15, 0.2) is 78.9 Å². The van der Waals surface area contributed by atoms with Crippen LogP contribution in [-0.4, -0.2) is 42.3 Å². The largest absolute Gasteiger partial charge is 0.322 e. The zero-order valence-electron chi connectivity index (χ0n) is 18.5. The molecule has 0 bridgehead atoms. The van der Waals surface area contributed by atoms with Gasteiger partial charge in [0.05, 0.1) is 30.4 Å². The zero-order valence-corrected chi connectivity index (χ0v) is 20.1. The predicted octanol–water partition coefficient (Wildman–Crippen LogP) is 3.30. The second kappa shape index (κ2) is 9.63. The molecule has 1 N–H and O–H groups in total. The first-order valence-electron chi connectivity index (χ1n) is 9.92. The number of carbonyl (C=O) groups excluding carboxylic acids is 1. The van der Waals surface area contributed by atoms with E-state index >= 15 is 0 Å². The predicted molar refractivity (Wildman–Crippen MR) is 132 cm³/mol. The van der Waals surface area contributed by atoms with Crippen molar-refractivity contribution in [3.63, 3.8) is 0 Å². The number of nitrogens with zero attached hydrogens (tertiary/aromatic N) is 2. The van der Waals surface area contributed by atoms with E-state index in [0.29, 0.717) is 22.6 Å². The topological polar surface area (TPSA) is 104 Å². The van der Waals surface area contributed by atoms with E-state index in [9.17, 15) is 21.6 Å². The maximum Gasteiger partial charge on any atom is 0.255 e. The first kappa shape index (κ1) is 24.3. The highest BCUT2D eigenvalue weighted by Crippen LogP contribution is 2.22. The number of para-hydroxylation sites is 1. The maximum atomic E-state index is 12.7. The summed E-state index contributed by atoms with van der Waals surface area (Å²) in [7, 11) is -5.49. The van der Waals surface area contributed by atoms with Gasteiger partial charge in [0, 0.05) is 18.3 Å². The number of hydrogen-bond donors (Lipinski definition) is 1. The van der Waals surface area contributed by atoms with Crippen LogP contribution in [0.25, 0.3) is 0 Å². The van der Waals surface area contributed by atoms with E-state index in [4.69, 9.17) is 0 Å². The van der Waals surface area contributed by atoms with Crippen LogP contribution >= 0.6 is 0 Å². The van der Waals surface area contributed by atoms with Crippen LogP contribution in [0.1, 0.15) is 15.9 Å². The number of anilines is 3. The van der Waals surface area contributed by atoms with Crippen LogP contribution in [0.3, 0.4) is 0 Å². The van der Waals surface area contributed by atoms with Gasteiger partial charge in [0.25, 0.3) is 5.91 Å². The fourth-order valence-electron chi connectivity index (χ4n) is 3.10. The normalized spacial score (nSPS) is 11.6. The summed E-state index contributed by atoms with van der Waals surface area (Å²) in [6.45, 7) is 0.130. The second-order valence-electron chi connectivity index (χ2n) is 7.54. The molecule has 0 atom stereocenters. The summed E-state index contributed by atoms with van der Waals surface area (Å²) < 4.78 is 50.5. The fraction of sp³-hybridized carbons (Fsp3) is 0.174. The van der Waals surface area contributed by atoms with Gasteiger partial charge in [-0.05, 0) is 48.0 Å². The van der Waals surface area contributed by atoms with E-state index in [1.807, 2.05) is 6.07 Å². The van der Waals surface area contributed by atoms with Crippen LogP contribution in [0.4, 0.5) is 17.1 Å². The molecular weight excluding hydrogens is 462 g/mol. The van der Waals surface area contributed by atoms with E-state index in [2.05, 4.69) is 5.32 Å². The van der Waals surface area contributed by atoms with Crippen molar-refractivity contribution in [2.24, 2.45) is 0 Å². The summed E-state index contributed by atoms with van der Waals surface area (Å²) in [6.07, 6.45) is 2.25. The summed E-state index contributed by atoms with van der Waals surface area (Å²) in [6, 6.07) is 21.9. The molecule has 0 spiro atoms. The molecule has 8 nitrogen and oxygen atoms in total. The van der Waals surface area contributed by atoms with Crippen molar-refractivity contribution < 1.29 is 21.6 Å². The minimum absolute atomic E-state index is 0.130. The Bertz CT molecular complexity index is 1340. The molecule has 0 heterocycles. The Balaban J connectivity index is 1.74. The quantitative estimate of drug-likeness (QED) is 0.525. The minimum atomic E-state index is -3.50. The average Bonchev–Trinajstić information content (AvgIpc) is 2.76. The Kier molecular flexibility index (Phi) is 7.09. The van der Waals surface area contributed by atoms with Gasteiger partial charge in [0.15, 0.2) is 0 Å². The molecule has 1 amide bonds. The van der Waals surface area contributed by atoms with Crippen molar-refractivity contribution in [3.05, 3.63) is 90.0 Å². The molecular formula is C23H25N3O5S2. The lowest BCUT2D eigenvalue weighted by atomic mass is 10.1. The van der Waals surface area contributed by atoms with Gasteiger partial charge in [-0.2, -0.15) is 0 Å². The average molecular weight is 488 g/mol. The highest BCUT2D eigenvalue weighted by Gasteiger charge is 2.18. The van der Waals surface area contributed by atoms with Gasteiger partial charge in [-0.25, -0.2) is 16.8 Å². The lowest BCUT2D eigenvalue weighted by Gasteiger charge is -2.22. The van der Waals surface area contributed by atoms with E-state index in [1.165, 1.54) is 11.4 Å². The van der Waals surface area contributed by atoms with Gasteiger partial charge < -0.3 is 5.32 Å². The first-order valence-corrected chi connectivity index (χ1v) is 13.6. The molecule has 3 rings (SSSR count). The number of carbonyl (C=O) groups is 1. The van der Waals surface area contributed by atoms with E-state index in [1.54, 1.807) is 72.8 Å². The monoisotopic (exact) mass is 487 g/mol. The minimum Gasteiger partial charge on any atom is -0.322 e. The molecule has 3 aromatic carbocycles. The van der Waals surface area contributed by atoms with Gasteiger partial charge in [-0.1, -0.05) is 36.4 Å². The van der Waals surface area contributed by atoms with Crippen molar-refractivity contribution in [1.82, 2.24) is 0 Å². The molecule has 0 fully saturated rings. The van der Waals surface area contributed by atoms with Gasteiger partial charge in [-0.3, -0.25) is 13.4 Å². The Hall–Kier alpha value is -3.37. The lowest BCUT2D eigenvalue weighted by Crippen LogP contribution is -2.29. The van der Waals surface area contributed by atoms with Crippen molar-refractivity contribution >= 4 is 43.0 Å². The molecule has 0 saturated heterocycles. The van der Waals surface area contributed by atoms with Crippen molar-refractivity contribution in [2.45, 2.75) is 6.54 Å². The third-order valence-corrected chi connectivity index (χ3v) is 7.30. The summed E-state index contributed by atoms with van der Waals surface area (Å²) in [4.78, 5) is 12.7. The van der Waals surface area contributed by atoms with Crippen molar-refractivity contribution in [1.29, 1.82) is 0 Å². The lowest BCUT2D eigenvalue weighted by molar-refractivity contribution is 0.102. The van der Waals surface area contributed by atoms with E-state index < -0.39 is 20.0 Å². The summed E-state index contributed by atoms with van der Waals surface area (Å²) in [5.41, 5.74) is 2.53. The SMILES string of the molecule is CN(c1cccc(NC(=O)c2ccc(CN(c3ccccc3)S(C)(=O)=O)cc2)c1)S(C)(=O)=O. The molecule has 0 saturated carbocycles. The highest BCUT2D eigenvalue weighted by atomic mass is 32.2.